The van der Waals surface area contributed by atoms with E-state index in [-0.39, 0.29) is 0 Å². The molecule has 19 heavy (non-hydrogen) atoms. The number of thiazole rings is 1. The van der Waals surface area contributed by atoms with Crippen LogP contribution in [0.4, 0.5) is 0 Å². The Morgan fingerprint density at radius 3 is 2.74 bits per heavy atom. The van der Waals surface area contributed by atoms with Crippen molar-refractivity contribution in [1.29, 1.82) is 0 Å². The lowest BCUT2D eigenvalue weighted by molar-refractivity contribution is 0.235. The molecule has 3 rings (SSSR count). The highest BCUT2D eigenvalue weighted by Gasteiger charge is 2.11. The van der Waals surface area contributed by atoms with Crippen LogP contribution in [0.3, 0.4) is 0 Å². The van der Waals surface area contributed by atoms with Crippen LogP contribution in [-0.2, 0) is 13.0 Å². The Morgan fingerprint density at radius 2 is 1.95 bits per heavy atom. The Kier molecular flexibility index (Phi) is 4.23. The molecule has 1 aliphatic heterocycles. The second kappa shape index (κ2) is 6.28. The molecule has 0 spiro atoms. The molecule has 0 saturated carbocycles. The van der Waals surface area contributed by atoms with Crippen molar-refractivity contribution >= 4 is 11.3 Å². The number of hydrogen-bond acceptors (Lipinski definition) is 4. The molecule has 0 unspecified atom stereocenters. The fourth-order valence-electron chi connectivity index (χ4n) is 2.36. The van der Waals surface area contributed by atoms with Crippen molar-refractivity contribution in [2.45, 2.75) is 13.0 Å². The number of nitrogens with zero attached hydrogens (tertiary/aromatic N) is 2. The first-order chi connectivity index (χ1) is 9.40. The Labute approximate surface area is 118 Å². The highest BCUT2D eigenvalue weighted by molar-refractivity contribution is 7.11. The van der Waals surface area contributed by atoms with E-state index in [2.05, 4.69) is 45.5 Å². The zero-order chi connectivity index (χ0) is 12.9. The van der Waals surface area contributed by atoms with Gasteiger partial charge in [-0.2, -0.15) is 0 Å². The van der Waals surface area contributed by atoms with Crippen LogP contribution in [0.15, 0.2) is 36.5 Å². The molecular weight excluding hydrogens is 254 g/mol. The molecule has 1 aliphatic rings. The third-order valence-corrected chi connectivity index (χ3v) is 4.37. The molecule has 0 radical (unpaired) electrons. The van der Waals surface area contributed by atoms with E-state index >= 15 is 0 Å². The van der Waals surface area contributed by atoms with Gasteiger partial charge in [-0.1, -0.05) is 30.3 Å². The van der Waals surface area contributed by atoms with Gasteiger partial charge in [0.2, 0.25) is 0 Å². The van der Waals surface area contributed by atoms with E-state index in [1.165, 1.54) is 15.4 Å². The van der Waals surface area contributed by atoms with Gasteiger partial charge in [-0.3, -0.25) is 4.90 Å². The quantitative estimate of drug-likeness (QED) is 0.925. The van der Waals surface area contributed by atoms with Gasteiger partial charge in [0.15, 0.2) is 0 Å². The zero-order valence-corrected chi connectivity index (χ0v) is 11.8. The van der Waals surface area contributed by atoms with Crippen LogP contribution in [0.2, 0.25) is 0 Å². The fraction of sp³-hybridized carbons (Fsp3) is 0.400. The Balaban J connectivity index is 1.59. The highest BCUT2D eigenvalue weighted by Crippen LogP contribution is 2.18. The first-order valence-electron chi connectivity index (χ1n) is 6.81. The monoisotopic (exact) mass is 273 g/mol. The van der Waals surface area contributed by atoms with Crippen molar-refractivity contribution in [2.75, 3.05) is 26.2 Å². The topological polar surface area (TPSA) is 28.2 Å². The summed E-state index contributed by atoms with van der Waals surface area (Å²) in [5, 5.41) is 4.60. The average molecular weight is 273 g/mol. The molecular formula is C15H19N3S. The van der Waals surface area contributed by atoms with Gasteiger partial charge in [0.25, 0.3) is 0 Å². The standard InChI is InChI=1S/C15H19N3S/c1-2-4-13(5-3-1)10-15-17-11-14(19-15)12-18-8-6-16-7-9-18/h1-5,11,16H,6-10,12H2. The summed E-state index contributed by atoms with van der Waals surface area (Å²) in [5.74, 6) is 0. The molecule has 2 aromatic rings. The third-order valence-electron chi connectivity index (χ3n) is 3.39. The summed E-state index contributed by atoms with van der Waals surface area (Å²) < 4.78 is 0. The SMILES string of the molecule is c1ccc(Cc2ncc(CN3CCNCC3)s2)cc1. The minimum Gasteiger partial charge on any atom is -0.314 e. The molecule has 0 amide bonds. The van der Waals surface area contributed by atoms with Crippen molar-refractivity contribution < 1.29 is 0 Å². The average Bonchev–Trinajstić information content (AvgIpc) is 2.88. The van der Waals surface area contributed by atoms with Crippen molar-refractivity contribution in [2.24, 2.45) is 0 Å². The third kappa shape index (κ3) is 3.62. The molecule has 1 N–H and O–H groups in total. The molecule has 0 aliphatic carbocycles. The summed E-state index contributed by atoms with van der Waals surface area (Å²) in [6.07, 6.45) is 3.00. The number of hydrogen-bond donors (Lipinski definition) is 1. The number of piperazine rings is 1. The summed E-state index contributed by atoms with van der Waals surface area (Å²) >= 11 is 1.85. The summed E-state index contributed by atoms with van der Waals surface area (Å²) in [7, 11) is 0. The fourth-order valence-corrected chi connectivity index (χ4v) is 3.36. The van der Waals surface area contributed by atoms with Crippen LogP contribution in [0.1, 0.15) is 15.4 Å². The molecule has 0 atom stereocenters. The number of aromatic nitrogens is 1. The number of rotatable bonds is 4. The molecule has 2 heterocycles. The minimum atomic E-state index is 0.951. The first kappa shape index (κ1) is 12.8. The van der Waals surface area contributed by atoms with Crippen LogP contribution < -0.4 is 5.32 Å². The summed E-state index contributed by atoms with van der Waals surface area (Å²) in [4.78, 5) is 8.43. The van der Waals surface area contributed by atoms with E-state index < -0.39 is 0 Å². The highest BCUT2D eigenvalue weighted by atomic mass is 32.1. The molecule has 1 aromatic carbocycles. The Hall–Kier alpha value is -1.23. The van der Waals surface area contributed by atoms with Crippen molar-refractivity contribution in [1.82, 2.24) is 15.2 Å². The van der Waals surface area contributed by atoms with Gasteiger partial charge >= 0.3 is 0 Å². The molecule has 3 nitrogen and oxygen atoms in total. The summed E-state index contributed by atoms with van der Waals surface area (Å²) in [6, 6.07) is 10.6. The molecule has 1 aromatic heterocycles. The van der Waals surface area contributed by atoms with Gasteiger partial charge in [0.05, 0.1) is 5.01 Å². The lowest BCUT2D eigenvalue weighted by Gasteiger charge is -2.26. The van der Waals surface area contributed by atoms with E-state index in [1.54, 1.807) is 0 Å². The smallest absolute Gasteiger partial charge is 0.0971 e. The maximum absolute atomic E-state index is 4.55. The van der Waals surface area contributed by atoms with Crippen molar-refractivity contribution in [3.05, 3.63) is 52.0 Å². The van der Waals surface area contributed by atoms with E-state index in [4.69, 9.17) is 0 Å². The second-order valence-electron chi connectivity index (χ2n) is 4.91. The Morgan fingerprint density at radius 1 is 1.16 bits per heavy atom. The van der Waals surface area contributed by atoms with Gasteiger partial charge in [0.1, 0.15) is 0 Å². The van der Waals surface area contributed by atoms with Gasteiger partial charge in [-0.15, -0.1) is 11.3 Å². The largest absolute Gasteiger partial charge is 0.314 e. The normalized spacial score (nSPS) is 16.6. The van der Waals surface area contributed by atoms with Crippen LogP contribution in [-0.4, -0.2) is 36.1 Å². The van der Waals surface area contributed by atoms with Crippen LogP contribution in [0, 0.1) is 0 Å². The zero-order valence-electron chi connectivity index (χ0n) is 11.0. The minimum absolute atomic E-state index is 0.951. The predicted molar refractivity (Wildman–Crippen MR) is 79.5 cm³/mol. The number of benzene rings is 1. The molecule has 4 heteroatoms. The van der Waals surface area contributed by atoms with Gasteiger partial charge in [0, 0.05) is 50.2 Å². The van der Waals surface area contributed by atoms with Gasteiger partial charge < -0.3 is 5.32 Å². The number of nitrogens with one attached hydrogen (secondary N) is 1. The van der Waals surface area contributed by atoms with E-state index in [0.29, 0.717) is 0 Å². The first-order valence-corrected chi connectivity index (χ1v) is 7.62. The second-order valence-corrected chi connectivity index (χ2v) is 6.11. The van der Waals surface area contributed by atoms with Crippen molar-refractivity contribution in [3.8, 4) is 0 Å². The molecule has 1 fully saturated rings. The van der Waals surface area contributed by atoms with Crippen molar-refractivity contribution in [3.63, 3.8) is 0 Å². The van der Waals surface area contributed by atoms with Crippen LogP contribution in [0.5, 0.6) is 0 Å². The van der Waals surface area contributed by atoms with E-state index in [9.17, 15) is 0 Å². The maximum atomic E-state index is 4.55. The Bertz CT molecular complexity index is 503. The van der Waals surface area contributed by atoms with E-state index in [1.807, 2.05) is 17.5 Å². The maximum Gasteiger partial charge on any atom is 0.0971 e. The summed E-state index contributed by atoms with van der Waals surface area (Å²) in [6.45, 7) is 5.55. The molecule has 1 saturated heterocycles. The molecule has 100 valence electrons. The van der Waals surface area contributed by atoms with Crippen LogP contribution >= 0.6 is 11.3 Å². The van der Waals surface area contributed by atoms with E-state index in [0.717, 1.165) is 39.1 Å². The summed E-state index contributed by atoms with van der Waals surface area (Å²) in [5.41, 5.74) is 1.34. The van der Waals surface area contributed by atoms with Crippen LogP contribution in [0.25, 0.3) is 0 Å². The predicted octanol–water partition coefficient (Wildman–Crippen LogP) is 2.14. The molecule has 0 bridgehead atoms. The van der Waals surface area contributed by atoms with Gasteiger partial charge in [-0.05, 0) is 5.56 Å². The lowest BCUT2D eigenvalue weighted by Crippen LogP contribution is -2.42. The lowest BCUT2D eigenvalue weighted by atomic mass is 10.2. The van der Waals surface area contributed by atoms with Gasteiger partial charge in [-0.25, -0.2) is 4.98 Å².